The highest BCUT2D eigenvalue weighted by atomic mass is 19.2. The van der Waals surface area contributed by atoms with Crippen LogP contribution in [-0.2, 0) is 9.47 Å². The van der Waals surface area contributed by atoms with Crippen LogP contribution in [0.1, 0.15) is 30.9 Å². The van der Waals surface area contributed by atoms with Crippen LogP contribution in [0.2, 0.25) is 0 Å². The van der Waals surface area contributed by atoms with E-state index < -0.39 is 29.2 Å². The maximum absolute atomic E-state index is 13.8. The summed E-state index contributed by atoms with van der Waals surface area (Å²) in [5, 5.41) is 10.4. The molecule has 116 valence electrons. The lowest BCUT2D eigenvalue weighted by molar-refractivity contribution is -0.117. The maximum atomic E-state index is 13.8. The summed E-state index contributed by atoms with van der Waals surface area (Å²) < 4.78 is 51.2. The molecule has 1 aromatic carbocycles. The molecule has 0 bridgehead atoms. The van der Waals surface area contributed by atoms with Crippen LogP contribution in [0.15, 0.2) is 12.1 Å². The molecule has 1 spiro atoms. The first-order valence-electron chi connectivity index (χ1n) is 7.06. The van der Waals surface area contributed by atoms with E-state index in [-0.39, 0.29) is 11.5 Å². The van der Waals surface area contributed by atoms with Gasteiger partial charge in [0.05, 0.1) is 18.3 Å². The number of ether oxygens (including phenoxy) is 2. The van der Waals surface area contributed by atoms with Crippen LogP contribution in [-0.4, -0.2) is 30.5 Å². The fourth-order valence-electron chi connectivity index (χ4n) is 3.22. The first-order chi connectivity index (χ1) is 10.0. The van der Waals surface area contributed by atoms with Crippen molar-refractivity contribution in [1.82, 2.24) is 0 Å². The quantitative estimate of drug-likeness (QED) is 0.854. The molecule has 0 saturated carbocycles. The van der Waals surface area contributed by atoms with E-state index in [0.29, 0.717) is 32.7 Å². The molecule has 3 unspecified atom stereocenters. The second-order valence-corrected chi connectivity index (χ2v) is 5.80. The van der Waals surface area contributed by atoms with E-state index in [9.17, 15) is 18.3 Å². The van der Waals surface area contributed by atoms with Gasteiger partial charge in [-0.25, -0.2) is 13.2 Å². The largest absolute Gasteiger partial charge is 0.388 e. The van der Waals surface area contributed by atoms with Gasteiger partial charge in [0.15, 0.2) is 17.5 Å². The van der Waals surface area contributed by atoms with Crippen LogP contribution in [0.3, 0.4) is 0 Å². The molecule has 3 nitrogen and oxygen atoms in total. The van der Waals surface area contributed by atoms with E-state index >= 15 is 0 Å². The number of benzene rings is 1. The van der Waals surface area contributed by atoms with Crippen molar-refractivity contribution in [1.29, 1.82) is 0 Å². The fourth-order valence-corrected chi connectivity index (χ4v) is 3.22. The van der Waals surface area contributed by atoms with Gasteiger partial charge in [-0.05, 0) is 24.8 Å². The van der Waals surface area contributed by atoms with E-state index in [4.69, 9.17) is 9.47 Å². The van der Waals surface area contributed by atoms with Crippen LogP contribution < -0.4 is 0 Å². The fraction of sp³-hybridized carbons (Fsp3) is 0.600. The van der Waals surface area contributed by atoms with Crippen molar-refractivity contribution in [3.8, 4) is 0 Å². The first-order valence-corrected chi connectivity index (χ1v) is 7.06. The lowest BCUT2D eigenvalue weighted by Crippen LogP contribution is -2.42. The normalized spacial score (nSPS) is 30.8. The minimum atomic E-state index is -1.54. The van der Waals surface area contributed by atoms with Gasteiger partial charge in [-0.15, -0.1) is 0 Å². The molecule has 0 amide bonds. The van der Waals surface area contributed by atoms with Gasteiger partial charge in [0, 0.05) is 25.2 Å². The van der Waals surface area contributed by atoms with Crippen molar-refractivity contribution in [2.75, 3.05) is 19.8 Å². The van der Waals surface area contributed by atoms with Gasteiger partial charge in [-0.3, -0.25) is 0 Å². The van der Waals surface area contributed by atoms with Crippen molar-refractivity contribution in [2.45, 2.75) is 31.0 Å². The Balaban J connectivity index is 1.81. The van der Waals surface area contributed by atoms with Gasteiger partial charge in [0.2, 0.25) is 0 Å². The summed E-state index contributed by atoms with van der Waals surface area (Å²) in [5.74, 6) is -4.38. The number of halogens is 3. The molecule has 2 aliphatic heterocycles. The number of aliphatic hydroxyl groups excluding tert-OH is 1. The lowest BCUT2D eigenvalue weighted by Gasteiger charge is -2.39. The molecule has 0 aliphatic carbocycles. The minimum absolute atomic E-state index is 0.199. The summed E-state index contributed by atoms with van der Waals surface area (Å²) in [4.78, 5) is 0. The number of aliphatic hydroxyl groups is 1. The monoisotopic (exact) mass is 302 g/mol. The summed E-state index contributed by atoms with van der Waals surface area (Å²) in [6.45, 7) is 1.50. The molecule has 6 heteroatoms. The molecule has 2 aliphatic rings. The predicted octanol–water partition coefficient (Wildman–Crippen LogP) is 2.72. The van der Waals surface area contributed by atoms with E-state index in [1.165, 1.54) is 0 Å². The second-order valence-electron chi connectivity index (χ2n) is 5.80. The predicted molar refractivity (Wildman–Crippen MR) is 68.1 cm³/mol. The Labute approximate surface area is 120 Å². The molecule has 2 saturated heterocycles. The molecule has 0 aromatic heterocycles. The van der Waals surface area contributed by atoms with Gasteiger partial charge < -0.3 is 14.6 Å². The van der Waals surface area contributed by atoms with Gasteiger partial charge in [0.1, 0.15) is 0 Å². The maximum Gasteiger partial charge on any atom is 0.194 e. The van der Waals surface area contributed by atoms with Crippen LogP contribution in [0.5, 0.6) is 0 Å². The van der Waals surface area contributed by atoms with E-state index in [1.54, 1.807) is 0 Å². The van der Waals surface area contributed by atoms with Crippen molar-refractivity contribution in [3.63, 3.8) is 0 Å². The molecular formula is C15H17F3O3. The summed E-state index contributed by atoms with van der Waals surface area (Å²) in [7, 11) is 0. The van der Waals surface area contributed by atoms with Gasteiger partial charge >= 0.3 is 0 Å². The average molecular weight is 302 g/mol. The number of hydrogen-bond donors (Lipinski definition) is 1. The minimum Gasteiger partial charge on any atom is -0.388 e. The third-order valence-corrected chi connectivity index (χ3v) is 4.43. The average Bonchev–Trinajstić information content (AvgIpc) is 2.92. The van der Waals surface area contributed by atoms with Gasteiger partial charge in [0.25, 0.3) is 0 Å². The van der Waals surface area contributed by atoms with Crippen molar-refractivity contribution in [3.05, 3.63) is 35.1 Å². The van der Waals surface area contributed by atoms with Crippen LogP contribution in [0, 0.1) is 23.4 Å². The van der Waals surface area contributed by atoms with Crippen molar-refractivity contribution < 1.29 is 27.8 Å². The molecule has 3 atom stereocenters. The molecule has 2 fully saturated rings. The third kappa shape index (κ3) is 2.67. The topological polar surface area (TPSA) is 38.7 Å². The van der Waals surface area contributed by atoms with Crippen molar-refractivity contribution in [2.24, 2.45) is 5.92 Å². The SMILES string of the molecule is OC(c1ccc(F)c(F)c1F)C1CCOC2(CCOC2)C1. The highest BCUT2D eigenvalue weighted by Crippen LogP contribution is 2.41. The molecule has 1 N–H and O–H groups in total. The lowest BCUT2D eigenvalue weighted by atomic mass is 9.80. The summed E-state index contributed by atoms with van der Waals surface area (Å²) in [5.41, 5.74) is -0.631. The number of hydrogen-bond acceptors (Lipinski definition) is 3. The Morgan fingerprint density at radius 2 is 2.00 bits per heavy atom. The highest BCUT2D eigenvalue weighted by molar-refractivity contribution is 5.23. The Bertz CT molecular complexity index is 529. The molecule has 21 heavy (non-hydrogen) atoms. The second kappa shape index (κ2) is 5.59. The Morgan fingerprint density at radius 1 is 1.19 bits per heavy atom. The molecule has 2 heterocycles. The zero-order chi connectivity index (χ0) is 15.0. The first kappa shape index (κ1) is 14.8. The third-order valence-electron chi connectivity index (χ3n) is 4.43. The van der Waals surface area contributed by atoms with Crippen molar-refractivity contribution >= 4 is 0 Å². The smallest absolute Gasteiger partial charge is 0.194 e. The zero-order valence-electron chi connectivity index (χ0n) is 11.4. The zero-order valence-corrected chi connectivity index (χ0v) is 11.4. The summed E-state index contributed by atoms with van der Waals surface area (Å²) in [6.07, 6.45) is 0.617. The Kier molecular flexibility index (Phi) is 3.94. The summed E-state index contributed by atoms with van der Waals surface area (Å²) >= 11 is 0. The molecule has 0 radical (unpaired) electrons. The molecule has 1 aromatic rings. The van der Waals surface area contributed by atoms with E-state index in [2.05, 4.69) is 0 Å². The van der Waals surface area contributed by atoms with E-state index in [1.807, 2.05) is 0 Å². The van der Waals surface area contributed by atoms with Crippen LogP contribution >= 0.6 is 0 Å². The number of rotatable bonds is 2. The van der Waals surface area contributed by atoms with Gasteiger partial charge in [-0.2, -0.15) is 0 Å². The highest BCUT2D eigenvalue weighted by Gasteiger charge is 2.43. The van der Waals surface area contributed by atoms with Crippen LogP contribution in [0.25, 0.3) is 0 Å². The Hall–Kier alpha value is -1.11. The molecular weight excluding hydrogens is 285 g/mol. The standard InChI is InChI=1S/C15H17F3O3/c16-11-2-1-10(12(17)13(11)18)14(19)9-3-5-21-15(7-9)4-6-20-8-15/h1-2,9,14,19H,3-8H2. The van der Waals surface area contributed by atoms with E-state index in [0.717, 1.165) is 18.6 Å². The van der Waals surface area contributed by atoms with Gasteiger partial charge in [-0.1, -0.05) is 6.07 Å². The molecule has 3 rings (SSSR count). The Morgan fingerprint density at radius 3 is 2.71 bits per heavy atom. The summed E-state index contributed by atoms with van der Waals surface area (Å²) in [6, 6.07) is 1.94. The van der Waals surface area contributed by atoms with Crippen LogP contribution in [0.4, 0.5) is 13.2 Å².